The van der Waals surface area contributed by atoms with Crippen molar-refractivity contribution in [3.05, 3.63) is 30.3 Å². The van der Waals surface area contributed by atoms with Crippen LogP contribution in [0.25, 0.3) is 0 Å². The third-order valence-corrected chi connectivity index (χ3v) is 3.12. The molecule has 1 aliphatic rings. The number of urea groups is 1. The first-order valence-corrected chi connectivity index (χ1v) is 6.59. The molecule has 2 rings (SSSR count). The molecule has 1 aliphatic heterocycles. The zero-order valence-corrected chi connectivity index (χ0v) is 11.1. The molecule has 6 heteroatoms. The van der Waals surface area contributed by atoms with Crippen molar-refractivity contribution in [2.75, 3.05) is 24.7 Å². The van der Waals surface area contributed by atoms with Crippen molar-refractivity contribution in [3.63, 3.8) is 0 Å². The van der Waals surface area contributed by atoms with E-state index >= 15 is 0 Å². The average Bonchev–Trinajstić information content (AvgIpc) is 2.92. The second-order valence-electron chi connectivity index (χ2n) is 4.64. The van der Waals surface area contributed by atoms with E-state index in [1.54, 1.807) is 12.1 Å². The molecule has 20 heavy (non-hydrogen) atoms. The van der Waals surface area contributed by atoms with Gasteiger partial charge < -0.3 is 15.2 Å². The largest absolute Gasteiger partial charge is 0.481 e. The Balaban J connectivity index is 2.04. The van der Waals surface area contributed by atoms with E-state index in [0.717, 1.165) is 6.42 Å². The van der Waals surface area contributed by atoms with Gasteiger partial charge in [0.15, 0.2) is 0 Å². The van der Waals surface area contributed by atoms with E-state index in [-0.39, 0.29) is 25.0 Å². The molecule has 1 aromatic carbocycles. The van der Waals surface area contributed by atoms with E-state index in [1.807, 2.05) is 18.2 Å². The second kappa shape index (κ2) is 6.91. The minimum atomic E-state index is -0.928. The molecular weight excluding hydrogens is 260 g/mol. The highest BCUT2D eigenvalue weighted by atomic mass is 16.5. The van der Waals surface area contributed by atoms with Gasteiger partial charge in [-0.25, -0.2) is 4.79 Å². The van der Waals surface area contributed by atoms with Crippen molar-refractivity contribution in [2.45, 2.75) is 18.9 Å². The Morgan fingerprint density at radius 3 is 2.70 bits per heavy atom. The summed E-state index contributed by atoms with van der Waals surface area (Å²) < 4.78 is 5.21. The Hall–Kier alpha value is -2.08. The van der Waals surface area contributed by atoms with Gasteiger partial charge in [-0.15, -0.1) is 0 Å². The van der Waals surface area contributed by atoms with Crippen LogP contribution in [0, 0.1) is 0 Å². The highest BCUT2D eigenvalue weighted by molar-refractivity contribution is 5.92. The zero-order valence-electron chi connectivity index (χ0n) is 11.1. The average molecular weight is 278 g/mol. The number of nitrogens with one attached hydrogen (secondary N) is 1. The highest BCUT2D eigenvalue weighted by Gasteiger charge is 2.22. The molecule has 0 radical (unpaired) electrons. The van der Waals surface area contributed by atoms with Crippen LogP contribution in [0.2, 0.25) is 0 Å². The molecular formula is C14H18N2O4. The highest BCUT2D eigenvalue weighted by Crippen LogP contribution is 2.15. The van der Waals surface area contributed by atoms with Gasteiger partial charge in [0.05, 0.1) is 19.1 Å². The molecule has 1 aromatic rings. The number of carbonyl (C=O) groups is 2. The molecule has 108 valence electrons. The molecule has 1 heterocycles. The number of anilines is 1. The smallest absolute Gasteiger partial charge is 0.322 e. The van der Waals surface area contributed by atoms with E-state index in [1.165, 1.54) is 4.90 Å². The molecule has 1 unspecified atom stereocenters. The van der Waals surface area contributed by atoms with Gasteiger partial charge in [0.25, 0.3) is 0 Å². The number of aliphatic carboxylic acids is 1. The van der Waals surface area contributed by atoms with Gasteiger partial charge in [0, 0.05) is 18.8 Å². The Labute approximate surface area is 117 Å². The first kappa shape index (κ1) is 14.3. The zero-order chi connectivity index (χ0) is 14.4. The molecule has 6 nitrogen and oxygen atoms in total. The number of hydrogen-bond acceptors (Lipinski definition) is 3. The first-order valence-electron chi connectivity index (χ1n) is 6.59. The van der Waals surface area contributed by atoms with Crippen LogP contribution in [-0.4, -0.2) is 42.9 Å². The molecule has 0 bridgehead atoms. The first-order chi connectivity index (χ1) is 9.66. The van der Waals surface area contributed by atoms with Crippen molar-refractivity contribution in [2.24, 2.45) is 0 Å². The van der Waals surface area contributed by atoms with E-state index in [2.05, 4.69) is 5.32 Å². The lowest BCUT2D eigenvalue weighted by atomic mass is 10.2. The van der Waals surface area contributed by atoms with Gasteiger partial charge in [0.2, 0.25) is 0 Å². The third kappa shape index (κ3) is 3.96. The second-order valence-corrected chi connectivity index (χ2v) is 4.64. The topological polar surface area (TPSA) is 78.9 Å². The van der Waals surface area contributed by atoms with Crippen molar-refractivity contribution in [1.29, 1.82) is 0 Å². The van der Waals surface area contributed by atoms with Gasteiger partial charge in [-0.3, -0.25) is 9.69 Å². The number of rotatable bonds is 5. The number of para-hydroxylation sites is 1. The maximum atomic E-state index is 12.3. The van der Waals surface area contributed by atoms with E-state index in [0.29, 0.717) is 18.9 Å². The summed E-state index contributed by atoms with van der Waals surface area (Å²) in [7, 11) is 0. The van der Waals surface area contributed by atoms with Crippen LogP contribution in [0.3, 0.4) is 0 Å². The number of carbonyl (C=O) groups excluding carboxylic acids is 1. The number of hydrogen-bond donors (Lipinski definition) is 2. The van der Waals surface area contributed by atoms with Crippen molar-refractivity contribution >= 4 is 17.7 Å². The fraction of sp³-hybridized carbons (Fsp3) is 0.429. The summed E-state index contributed by atoms with van der Waals surface area (Å²) in [6.45, 7) is 1.29. The van der Waals surface area contributed by atoms with Crippen LogP contribution in [0.4, 0.5) is 10.5 Å². The van der Waals surface area contributed by atoms with Crippen LogP contribution >= 0.6 is 0 Å². The van der Waals surface area contributed by atoms with Crippen LogP contribution in [0.5, 0.6) is 0 Å². The van der Waals surface area contributed by atoms with Crippen LogP contribution < -0.4 is 10.2 Å². The Kier molecular flexibility index (Phi) is 4.95. The summed E-state index contributed by atoms with van der Waals surface area (Å²) in [5.74, 6) is -0.928. The standard InChI is InChI=1S/C14H18N2O4/c17-13(18)6-8-16(12-4-2-1-3-5-12)14(19)15-11-7-9-20-10-11/h1-5,11H,6-10H2,(H,15,19)(H,17,18). The number of amides is 2. The maximum Gasteiger partial charge on any atom is 0.322 e. The number of ether oxygens (including phenoxy) is 1. The SMILES string of the molecule is O=C(O)CCN(C(=O)NC1CCOC1)c1ccccc1. The van der Waals surface area contributed by atoms with Gasteiger partial charge in [-0.05, 0) is 18.6 Å². The summed E-state index contributed by atoms with van der Waals surface area (Å²) in [6, 6.07) is 8.76. The number of carboxylic acids is 1. The lowest BCUT2D eigenvalue weighted by Crippen LogP contribution is -2.46. The van der Waals surface area contributed by atoms with E-state index in [9.17, 15) is 9.59 Å². The summed E-state index contributed by atoms with van der Waals surface area (Å²) in [5.41, 5.74) is 0.685. The lowest BCUT2D eigenvalue weighted by molar-refractivity contribution is -0.136. The van der Waals surface area contributed by atoms with Crippen LogP contribution in [-0.2, 0) is 9.53 Å². The number of carboxylic acid groups (broad SMARTS) is 1. The van der Waals surface area contributed by atoms with Crippen molar-refractivity contribution in [3.8, 4) is 0 Å². The predicted octanol–water partition coefficient (Wildman–Crippen LogP) is 1.47. The predicted molar refractivity (Wildman–Crippen MR) is 73.8 cm³/mol. The number of nitrogens with zero attached hydrogens (tertiary/aromatic N) is 1. The number of benzene rings is 1. The van der Waals surface area contributed by atoms with Crippen LogP contribution in [0.15, 0.2) is 30.3 Å². The van der Waals surface area contributed by atoms with E-state index < -0.39 is 5.97 Å². The molecule has 0 aliphatic carbocycles. The quantitative estimate of drug-likeness (QED) is 0.854. The summed E-state index contributed by atoms with van der Waals surface area (Å²) in [5, 5.41) is 11.7. The fourth-order valence-corrected chi connectivity index (χ4v) is 2.06. The van der Waals surface area contributed by atoms with Gasteiger partial charge in [-0.2, -0.15) is 0 Å². The van der Waals surface area contributed by atoms with Gasteiger partial charge in [0.1, 0.15) is 0 Å². The molecule has 0 spiro atoms. The molecule has 2 amide bonds. The minimum absolute atomic E-state index is 0.00135. The van der Waals surface area contributed by atoms with Gasteiger partial charge >= 0.3 is 12.0 Å². The van der Waals surface area contributed by atoms with Gasteiger partial charge in [-0.1, -0.05) is 18.2 Å². The maximum absolute atomic E-state index is 12.3. The fourth-order valence-electron chi connectivity index (χ4n) is 2.06. The summed E-state index contributed by atoms with van der Waals surface area (Å²) in [4.78, 5) is 24.5. The molecule has 1 fully saturated rings. The van der Waals surface area contributed by atoms with Crippen LogP contribution in [0.1, 0.15) is 12.8 Å². The molecule has 1 saturated heterocycles. The molecule has 0 aromatic heterocycles. The van der Waals surface area contributed by atoms with E-state index in [4.69, 9.17) is 9.84 Å². The lowest BCUT2D eigenvalue weighted by Gasteiger charge is -2.24. The van der Waals surface area contributed by atoms with Crippen molar-refractivity contribution < 1.29 is 19.4 Å². The monoisotopic (exact) mass is 278 g/mol. The minimum Gasteiger partial charge on any atom is -0.481 e. The summed E-state index contributed by atoms with van der Waals surface area (Å²) in [6.07, 6.45) is 0.691. The summed E-state index contributed by atoms with van der Waals surface area (Å²) >= 11 is 0. The Morgan fingerprint density at radius 2 is 2.10 bits per heavy atom. The normalized spacial score (nSPS) is 17.7. The molecule has 1 atom stereocenters. The molecule has 2 N–H and O–H groups in total. The molecule has 0 saturated carbocycles. The van der Waals surface area contributed by atoms with Crippen molar-refractivity contribution in [1.82, 2.24) is 5.32 Å². The third-order valence-electron chi connectivity index (χ3n) is 3.12. The Bertz CT molecular complexity index is 458. The Morgan fingerprint density at radius 1 is 1.35 bits per heavy atom.